The fourth-order valence-corrected chi connectivity index (χ4v) is 2.23. The molecule has 0 unspecified atom stereocenters. The highest BCUT2D eigenvalue weighted by Gasteiger charge is 2.04. The average Bonchev–Trinajstić information content (AvgIpc) is 2.48. The van der Waals surface area contributed by atoms with Crippen molar-refractivity contribution in [2.75, 3.05) is 0 Å². The fraction of sp³-hybridized carbons (Fsp3) is 0.278. The third-order valence-corrected chi connectivity index (χ3v) is 3.25. The van der Waals surface area contributed by atoms with Crippen LogP contribution in [0.5, 0.6) is 0 Å². The molecule has 2 aromatic heterocycles. The van der Waals surface area contributed by atoms with Crippen LogP contribution in [0, 0.1) is 6.92 Å². The highest BCUT2D eigenvalue weighted by molar-refractivity contribution is 5.64. The Morgan fingerprint density at radius 3 is 2.57 bits per heavy atom. The van der Waals surface area contributed by atoms with Gasteiger partial charge in [-0.3, -0.25) is 4.98 Å². The normalized spacial score (nSPS) is 12.0. The summed E-state index contributed by atoms with van der Waals surface area (Å²) in [6, 6.07) is 2.19. The third kappa shape index (κ3) is 4.35. The maximum atomic E-state index is 4.61. The minimum Gasteiger partial charge on any atom is -0.256 e. The number of aryl methyl sites for hydroxylation is 1. The Balaban J connectivity index is 2.17. The molecule has 108 valence electrons. The Morgan fingerprint density at radius 1 is 1.14 bits per heavy atom. The van der Waals surface area contributed by atoms with E-state index in [1.54, 1.807) is 6.33 Å². The zero-order chi connectivity index (χ0) is 15.1. The predicted octanol–water partition coefficient (Wildman–Crippen LogP) is 4.14. The van der Waals surface area contributed by atoms with Crippen molar-refractivity contribution in [3.05, 3.63) is 71.6 Å². The highest BCUT2D eigenvalue weighted by Crippen LogP contribution is 2.18. The van der Waals surface area contributed by atoms with Crippen LogP contribution >= 0.6 is 0 Å². The molecule has 0 N–H and O–H groups in total. The lowest BCUT2D eigenvalue weighted by Gasteiger charge is -2.08. The molecule has 0 saturated heterocycles. The third-order valence-electron chi connectivity index (χ3n) is 3.25. The first-order chi connectivity index (χ1) is 10.2. The van der Waals surface area contributed by atoms with Gasteiger partial charge in [-0.25, -0.2) is 9.97 Å². The van der Waals surface area contributed by atoms with Crippen molar-refractivity contribution < 1.29 is 0 Å². The van der Waals surface area contributed by atoms with Crippen LogP contribution in [0.3, 0.4) is 0 Å². The lowest BCUT2D eigenvalue weighted by molar-refractivity contribution is 1.05. The van der Waals surface area contributed by atoms with Gasteiger partial charge in [0.05, 0.1) is 5.69 Å². The Morgan fingerprint density at radius 2 is 1.90 bits per heavy atom. The van der Waals surface area contributed by atoms with E-state index in [1.165, 1.54) is 16.7 Å². The van der Waals surface area contributed by atoms with Gasteiger partial charge in [-0.15, -0.1) is 0 Å². The summed E-state index contributed by atoms with van der Waals surface area (Å²) >= 11 is 0. The Kier molecular flexibility index (Phi) is 5.38. The first-order valence-electron chi connectivity index (χ1n) is 7.24. The Bertz CT molecular complexity index is 643. The molecule has 0 atom stereocenters. The lowest BCUT2D eigenvalue weighted by atomic mass is 10.0. The summed E-state index contributed by atoms with van der Waals surface area (Å²) in [6.45, 7) is 6.33. The molecule has 2 aromatic rings. The first kappa shape index (κ1) is 15.1. The van der Waals surface area contributed by atoms with Crippen molar-refractivity contribution in [3.63, 3.8) is 0 Å². The number of hydrogen-bond acceptors (Lipinski definition) is 3. The van der Waals surface area contributed by atoms with Gasteiger partial charge in [-0.2, -0.15) is 0 Å². The molecule has 0 amide bonds. The minimum atomic E-state index is 0.813. The molecule has 0 aromatic carbocycles. The van der Waals surface area contributed by atoms with Crippen molar-refractivity contribution in [1.29, 1.82) is 0 Å². The van der Waals surface area contributed by atoms with Crippen molar-refractivity contribution in [3.8, 4) is 0 Å². The lowest BCUT2D eigenvalue weighted by Crippen LogP contribution is -1.96. The van der Waals surface area contributed by atoms with Crippen LogP contribution in [0.1, 0.15) is 42.7 Å². The molecule has 0 saturated carbocycles. The van der Waals surface area contributed by atoms with Crippen molar-refractivity contribution >= 4 is 5.57 Å². The zero-order valence-electron chi connectivity index (χ0n) is 12.9. The topological polar surface area (TPSA) is 38.7 Å². The van der Waals surface area contributed by atoms with Crippen LogP contribution in [-0.2, 0) is 6.42 Å². The Hall–Kier alpha value is -2.29. The SMILES string of the molecule is CCC=CC=C(C)c1ncc(Cc2cncnc2)cc1C. The van der Waals surface area contributed by atoms with Crippen LogP contribution in [0.15, 0.2) is 49.2 Å². The van der Waals surface area contributed by atoms with Crippen molar-refractivity contribution in [2.24, 2.45) is 0 Å². The summed E-state index contributed by atoms with van der Waals surface area (Å²) in [5.74, 6) is 0. The van der Waals surface area contributed by atoms with E-state index in [0.29, 0.717) is 0 Å². The summed E-state index contributed by atoms with van der Waals surface area (Å²) < 4.78 is 0. The van der Waals surface area contributed by atoms with Crippen LogP contribution in [0.4, 0.5) is 0 Å². The van der Waals surface area contributed by atoms with E-state index in [4.69, 9.17) is 0 Å². The second-order valence-corrected chi connectivity index (χ2v) is 5.12. The molecular weight excluding hydrogens is 258 g/mol. The molecule has 2 rings (SSSR count). The molecule has 0 radical (unpaired) electrons. The van der Waals surface area contributed by atoms with Crippen LogP contribution < -0.4 is 0 Å². The second-order valence-electron chi connectivity index (χ2n) is 5.12. The number of nitrogens with zero attached hydrogens (tertiary/aromatic N) is 3. The molecule has 0 fully saturated rings. The van der Waals surface area contributed by atoms with Gasteiger partial charge >= 0.3 is 0 Å². The van der Waals surface area contributed by atoms with Crippen LogP contribution in [-0.4, -0.2) is 15.0 Å². The van der Waals surface area contributed by atoms with Gasteiger partial charge in [0.15, 0.2) is 0 Å². The zero-order valence-corrected chi connectivity index (χ0v) is 12.9. The Labute approximate surface area is 126 Å². The molecule has 3 heteroatoms. The van der Waals surface area contributed by atoms with Crippen molar-refractivity contribution in [1.82, 2.24) is 15.0 Å². The van der Waals surface area contributed by atoms with E-state index in [9.17, 15) is 0 Å². The highest BCUT2D eigenvalue weighted by atomic mass is 14.8. The molecule has 0 aliphatic heterocycles. The van der Waals surface area contributed by atoms with E-state index < -0.39 is 0 Å². The number of rotatable bonds is 5. The largest absolute Gasteiger partial charge is 0.256 e. The standard InChI is InChI=1S/C18H21N3/c1-4-5-6-7-14(2)18-15(3)8-16(12-21-18)9-17-10-19-13-20-11-17/h5-8,10-13H,4,9H2,1-3H3. The van der Waals surface area contributed by atoms with Gasteiger partial charge in [-0.05, 0) is 42.5 Å². The van der Waals surface area contributed by atoms with Gasteiger partial charge in [0, 0.05) is 25.0 Å². The number of allylic oxidation sites excluding steroid dienone is 4. The number of hydrogen-bond donors (Lipinski definition) is 0. The predicted molar refractivity (Wildman–Crippen MR) is 86.9 cm³/mol. The second kappa shape index (κ2) is 7.48. The van der Waals surface area contributed by atoms with E-state index in [1.807, 2.05) is 18.6 Å². The molecule has 21 heavy (non-hydrogen) atoms. The number of aromatic nitrogens is 3. The first-order valence-corrected chi connectivity index (χ1v) is 7.24. The van der Waals surface area contributed by atoms with E-state index in [2.05, 4.69) is 60.0 Å². The summed E-state index contributed by atoms with van der Waals surface area (Å²) in [7, 11) is 0. The molecular formula is C18H21N3. The van der Waals surface area contributed by atoms with Gasteiger partial charge in [0.1, 0.15) is 6.33 Å². The molecule has 2 heterocycles. The maximum Gasteiger partial charge on any atom is 0.115 e. The fourth-order valence-electron chi connectivity index (χ4n) is 2.23. The van der Waals surface area contributed by atoms with Crippen LogP contribution in [0.2, 0.25) is 0 Å². The molecule has 0 aliphatic carbocycles. The number of pyridine rings is 1. The van der Waals surface area contributed by atoms with Crippen LogP contribution in [0.25, 0.3) is 5.57 Å². The van der Waals surface area contributed by atoms with E-state index in [-0.39, 0.29) is 0 Å². The molecule has 0 aliphatic rings. The van der Waals surface area contributed by atoms with Gasteiger partial charge in [-0.1, -0.05) is 31.2 Å². The van der Waals surface area contributed by atoms with E-state index >= 15 is 0 Å². The monoisotopic (exact) mass is 279 g/mol. The maximum absolute atomic E-state index is 4.61. The van der Waals surface area contributed by atoms with Crippen molar-refractivity contribution in [2.45, 2.75) is 33.6 Å². The molecule has 0 spiro atoms. The summed E-state index contributed by atoms with van der Waals surface area (Å²) in [6.07, 6.45) is 15.4. The smallest absolute Gasteiger partial charge is 0.115 e. The molecule has 3 nitrogen and oxygen atoms in total. The summed E-state index contributed by atoms with van der Waals surface area (Å²) in [4.78, 5) is 12.7. The molecule has 0 bridgehead atoms. The average molecular weight is 279 g/mol. The quantitative estimate of drug-likeness (QED) is 0.772. The summed E-state index contributed by atoms with van der Waals surface area (Å²) in [5, 5.41) is 0. The van der Waals surface area contributed by atoms with Gasteiger partial charge in [0.25, 0.3) is 0 Å². The minimum absolute atomic E-state index is 0.813. The van der Waals surface area contributed by atoms with Gasteiger partial charge in [0.2, 0.25) is 0 Å². The summed E-state index contributed by atoms with van der Waals surface area (Å²) in [5.41, 5.74) is 5.73. The van der Waals surface area contributed by atoms with E-state index in [0.717, 1.165) is 24.1 Å². The van der Waals surface area contributed by atoms with Gasteiger partial charge < -0.3 is 0 Å².